The minimum Gasteiger partial charge on any atom is -0.263 e. The molecule has 0 spiro atoms. The highest BCUT2D eigenvalue weighted by Gasteiger charge is 2.19. The van der Waals surface area contributed by atoms with Crippen LogP contribution in [0.1, 0.15) is 5.69 Å². The highest BCUT2D eigenvalue weighted by atomic mass is 32.2. The van der Waals surface area contributed by atoms with Gasteiger partial charge in [-0.2, -0.15) is 5.10 Å². The molecule has 8 nitrogen and oxygen atoms in total. The Labute approximate surface area is 148 Å². The Kier molecular flexibility index (Phi) is 4.43. The molecule has 0 radical (unpaired) electrons. The van der Waals surface area contributed by atoms with E-state index in [1.807, 2.05) is 0 Å². The van der Waals surface area contributed by atoms with Crippen molar-refractivity contribution in [2.45, 2.75) is 11.8 Å². The number of hydrogen-bond acceptors (Lipinski definition) is 5. The van der Waals surface area contributed by atoms with E-state index in [9.17, 15) is 22.9 Å². The van der Waals surface area contributed by atoms with E-state index < -0.39 is 20.8 Å². The van der Waals surface area contributed by atoms with Crippen LogP contribution in [0.4, 0.5) is 15.9 Å². The van der Waals surface area contributed by atoms with Crippen molar-refractivity contribution in [3.05, 3.63) is 76.2 Å². The quantitative estimate of drug-likeness (QED) is 0.544. The summed E-state index contributed by atoms with van der Waals surface area (Å²) >= 11 is 0. The summed E-state index contributed by atoms with van der Waals surface area (Å²) in [5.41, 5.74) is 0.813. The second-order valence-corrected chi connectivity index (χ2v) is 7.10. The van der Waals surface area contributed by atoms with Crippen LogP contribution in [0, 0.1) is 22.9 Å². The van der Waals surface area contributed by atoms with Gasteiger partial charge in [-0.25, -0.2) is 17.5 Å². The van der Waals surface area contributed by atoms with Gasteiger partial charge in [0.1, 0.15) is 11.6 Å². The molecular formula is C16H13FN4O4S. The molecule has 1 heterocycles. The minimum atomic E-state index is -3.99. The minimum absolute atomic E-state index is 0.132. The summed E-state index contributed by atoms with van der Waals surface area (Å²) < 4.78 is 41.9. The molecule has 0 amide bonds. The van der Waals surface area contributed by atoms with Gasteiger partial charge in [0.2, 0.25) is 0 Å². The lowest BCUT2D eigenvalue weighted by Crippen LogP contribution is -2.16. The van der Waals surface area contributed by atoms with Gasteiger partial charge in [0.15, 0.2) is 0 Å². The van der Waals surface area contributed by atoms with E-state index in [2.05, 4.69) is 9.82 Å². The van der Waals surface area contributed by atoms with Crippen molar-refractivity contribution in [1.29, 1.82) is 0 Å². The molecule has 0 unspecified atom stereocenters. The molecule has 3 rings (SSSR count). The second kappa shape index (κ2) is 6.56. The first kappa shape index (κ1) is 17.5. The topological polar surface area (TPSA) is 107 Å². The number of sulfonamides is 1. The normalized spacial score (nSPS) is 11.3. The van der Waals surface area contributed by atoms with Crippen LogP contribution in [0.3, 0.4) is 0 Å². The monoisotopic (exact) mass is 376 g/mol. The number of anilines is 1. The third-order valence-corrected chi connectivity index (χ3v) is 4.87. The van der Waals surface area contributed by atoms with Crippen LogP contribution < -0.4 is 4.72 Å². The second-order valence-electron chi connectivity index (χ2n) is 5.42. The van der Waals surface area contributed by atoms with E-state index in [0.717, 1.165) is 24.3 Å². The molecule has 2 aromatic carbocycles. The standard InChI is InChI=1S/C16H13FN4O4S/c1-11-10-16(20(18-11)13-4-2-12(17)3-5-13)19-26(24,25)15-8-6-14(7-9-15)21(22)23/h2-10,19H,1H3. The van der Waals surface area contributed by atoms with Crippen LogP contribution >= 0.6 is 0 Å². The van der Waals surface area contributed by atoms with Crippen molar-refractivity contribution >= 4 is 21.5 Å². The third-order valence-electron chi connectivity index (χ3n) is 3.50. The highest BCUT2D eigenvalue weighted by Crippen LogP contribution is 2.22. The Morgan fingerprint density at radius 2 is 1.73 bits per heavy atom. The van der Waals surface area contributed by atoms with E-state index in [1.165, 1.54) is 35.0 Å². The molecular weight excluding hydrogens is 363 g/mol. The zero-order valence-corrected chi connectivity index (χ0v) is 14.3. The summed E-state index contributed by atoms with van der Waals surface area (Å²) in [7, 11) is -3.99. The average molecular weight is 376 g/mol. The number of aromatic nitrogens is 2. The number of hydrogen-bond donors (Lipinski definition) is 1. The number of aryl methyl sites for hydroxylation is 1. The van der Waals surface area contributed by atoms with Crippen LogP contribution in [-0.4, -0.2) is 23.1 Å². The predicted octanol–water partition coefficient (Wildman–Crippen LogP) is 3.03. The van der Waals surface area contributed by atoms with Gasteiger partial charge < -0.3 is 0 Å². The summed E-state index contributed by atoms with van der Waals surface area (Å²) in [6.45, 7) is 1.68. The van der Waals surface area contributed by atoms with Gasteiger partial charge in [0, 0.05) is 18.2 Å². The van der Waals surface area contributed by atoms with Crippen molar-refractivity contribution in [1.82, 2.24) is 9.78 Å². The molecule has 134 valence electrons. The summed E-state index contributed by atoms with van der Waals surface area (Å²) in [5.74, 6) is -0.266. The lowest BCUT2D eigenvalue weighted by Gasteiger charge is -2.10. The Bertz CT molecular complexity index is 1060. The van der Waals surface area contributed by atoms with Crippen LogP contribution in [0.5, 0.6) is 0 Å². The van der Waals surface area contributed by atoms with Crippen LogP contribution in [0.2, 0.25) is 0 Å². The van der Waals surface area contributed by atoms with Gasteiger partial charge in [-0.15, -0.1) is 0 Å². The number of non-ortho nitro benzene ring substituents is 1. The Morgan fingerprint density at radius 1 is 1.12 bits per heavy atom. The van der Waals surface area contributed by atoms with Crippen molar-refractivity contribution in [2.24, 2.45) is 0 Å². The number of nitrogens with one attached hydrogen (secondary N) is 1. The number of nitro benzene ring substituents is 1. The molecule has 0 atom stereocenters. The molecule has 1 aromatic heterocycles. The summed E-state index contributed by atoms with van der Waals surface area (Å²) in [6, 6.07) is 11.4. The van der Waals surface area contributed by atoms with Crippen molar-refractivity contribution < 1.29 is 17.7 Å². The molecule has 0 bridgehead atoms. The first-order chi connectivity index (χ1) is 12.3. The van der Waals surface area contributed by atoms with E-state index >= 15 is 0 Å². The molecule has 0 saturated heterocycles. The fraction of sp³-hybridized carbons (Fsp3) is 0.0625. The maximum absolute atomic E-state index is 13.1. The van der Waals surface area contributed by atoms with Crippen molar-refractivity contribution in [3.63, 3.8) is 0 Å². The first-order valence-electron chi connectivity index (χ1n) is 7.36. The molecule has 0 saturated carbocycles. The summed E-state index contributed by atoms with van der Waals surface area (Å²) in [6.07, 6.45) is 0. The fourth-order valence-electron chi connectivity index (χ4n) is 2.29. The lowest BCUT2D eigenvalue weighted by molar-refractivity contribution is -0.384. The summed E-state index contributed by atoms with van der Waals surface area (Å²) in [4.78, 5) is 9.94. The smallest absolute Gasteiger partial charge is 0.263 e. The number of rotatable bonds is 5. The predicted molar refractivity (Wildman–Crippen MR) is 92.2 cm³/mol. The molecule has 0 aliphatic rings. The van der Waals surface area contributed by atoms with Gasteiger partial charge in [-0.3, -0.25) is 14.8 Å². The van der Waals surface area contributed by atoms with E-state index in [4.69, 9.17) is 0 Å². The van der Waals surface area contributed by atoms with Crippen molar-refractivity contribution in [3.8, 4) is 5.69 Å². The number of nitro groups is 1. The zero-order chi connectivity index (χ0) is 18.9. The lowest BCUT2D eigenvalue weighted by atomic mass is 10.3. The van der Waals surface area contributed by atoms with Gasteiger partial charge in [-0.05, 0) is 43.3 Å². The van der Waals surface area contributed by atoms with Gasteiger partial charge >= 0.3 is 0 Å². The van der Waals surface area contributed by atoms with Crippen LogP contribution in [0.25, 0.3) is 5.69 Å². The maximum atomic E-state index is 13.1. The van der Waals surface area contributed by atoms with Crippen LogP contribution in [0.15, 0.2) is 59.5 Å². The van der Waals surface area contributed by atoms with Gasteiger partial charge in [0.25, 0.3) is 15.7 Å². The number of nitrogens with zero attached hydrogens (tertiary/aromatic N) is 3. The van der Waals surface area contributed by atoms with Crippen LogP contribution in [-0.2, 0) is 10.0 Å². The number of halogens is 1. The maximum Gasteiger partial charge on any atom is 0.269 e. The SMILES string of the molecule is Cc1cc(NS(=O)(=O)c2ccc([N+](=O)[O-])cc2)n(-c2ccc(F)cc2)n1. The fourth-order valence-corrected chi connectivity index (χ4v) is 3.33. The van der Waals surface area contributed by atoms with Gasteiger partial charge in [0.05, 0.1) is 21.2 Å². The van der Waals surface area contributed by atoms with E-state index in [0.29, 0.717) is 11.4 Å². The molecule has 0 aliphatic carbocycles. The number of benzene rings is 2. The largest absolute Gasteiger partial charge is 0.269 e. The molecule has 26 heavy (non-hydrogen) atoms. The highest BCUT2D eigenvalue weighted by molar-refractivity contribution is 7.92. The Balaban J connectivity index is 1.95. The average Bonchev–Trinajstić information content (AvgIpc) is 2.95. The molecule has 0 aliphatic heterocycles. The molecule has 0 fully saturated rings. The van der Waals surface area contributed by atoms with Crippen molar-refractivity contribution in [2.75, 3.05) is 4.72 Å². The Morgan fingerprint density at radius 3 is 2.31 bits per heavy atom. The molecule has 1 N–H and O–H groups in total. The zero-order valence-electron chi connectivity index (χ0n) is 13.5. The van der Waals surface area contributed by atoms with E-state index in [-0.39, 0.29) is 16.4 Å². The summed E-state index contributed by atoms with van der Waals surface area (Å²) in [5, 5.41) is 14.9. The molecule has 10 heteroatoms. The third kappa shape index (κ3) is 3.54. The van der Waals surface area contributed by atoms with E-state index in [1.54, 1.807) is 6.92 Å². The Hall–Kier alpha value is -3.27. The van der Waals surface area contributed by atoms with Gasteiger partial charge in [-0.1, -0.05) is 0 Å². The first-order valence-corrected chi connectivity index (χ1v) is 8.84. The molecule has 3 aromatic rings.